The Balaban J connectivity index is 1.30. The molecule has 32 heavy (non-hydrogen) atoms. The first-order chi connectivity index (χ1) is 15.6. The molecule has 1 unspecified atom stereocenters. The molecule has 7 heteroatoms. The van der Waals surface area contributed by atoms with Crippen molar-refractivity contribution >= 4 is 23.4 Å². The first kappa shape index (κ1) is 20.7. The number of benzene rings is 2. The third-order valence-corrected chi connectivity index (χ3v) is 6.86. The number of carbonyl (C=O) groups is 3. The lowest BCUT2D eigenvalue weighted by atomic mass is 9.90. The fourth-order valence-electron chi connectivity index (χ4n) is 5.07. The predicted octanol–water partition coefficient (Wildman–Crippen LogP) is 2.53. The van der Waals surface area contributed by atoms with E-state index in [1.807, 2.05) is 18.2 Å². The number of hydrogen-bond donors (Lipinski definition) is 3. The molecule has 3 N–H and O–H groups in total. The van der Waals surface area contributed by atoms with Crippen LogP contribution in [-0.4, -0.2) is 41.8 Å². The molecule has 3 heterocycles. The van der Waals surface area contributed by atoms with Crippen molar-refractivity contribution in [2.75, 3.05) is 18.4 Å². The molecule has 5 rings (SSSR count). The maximum Gasteiger partial charge on any atom is 0.255 e. The van der Waals surface area contributed by atoms with Crippen LogP contribution >= 0.6 is 0 Å². The molecule has 3 amide bonds. The second kappa shape index (κ2) is 8.74. The summed E-state index contributed by atoms with van der Waals surface area (Å²) in [5.41, 5.74) is 5.11. The van der Waals surface area contributed by atoms with Gasteiger partial charge in [0.2, 0.25) is 11.8 Å². The molecular weight excluding hydrogens is 404 g/mol. The van der Waals surface area contributed by atoms with Gasteiger partial charge < -0.3 is 15.5 Å². The monoisotopic (exact) mass is 432 g/mol. The molecule has 2 aromatic carbocycles. The van der Waals surface area contributed by atoms with E-state index in [1.54, 1.807) is 4.90 Å². The molecule has 0 bridgehead atoms. The van der Waals surface area contributed by atoms with E-state index in [9.17, 15) is 14.4 Å². The summed E-state index contributed by atoms with van der Waals surface area (Å²) < 4.78 is 0. The summed E-state index contributed by atoms with van der Waals surface area (Å²) >= 11 is 0. The van der Waals surface area contributed by atoms with E-state index in [-0.39, 0.29) is 24.1 Å². The van der Waals surface area contributed by atoms with Crippen molar-refractivity contribution in [3.63, 3.8) is 0 Å². The SMILES string of the molecule is O=C1CCC(N2Cc3c(CNc4cccc(C5CCNCC5)c4)cccc3C2=O)C(=O)N1. The van der Waals surface area contributed by atoms with E-state index in [0.29, 0.717) is 31.0 Å². The second-order valence-electron chi connectivity index (χ2n) is 8.85. The molecule has 7 nitrogen and oxygen atoms in total. The van der Waals surface area contributed by atoms with Crippen molar-refractivity contribution in [3.8, 4) is 0 Å². The van der Waals surface area contributed by atoms with E-state index in [0.717, 1.165) is 42.7 Å². The molecule has 1 atom stereocenters. The number of carbonyl (C=O) groups excluding carboxylic acids is 3. The topological polar surface area (TPSA) is 90.5 Å². The number of hydrogen-bond acceptors (Lipinski definition) is 5. The average molecular weight is 433 g/mol. The Labute approximate surface area is 187 Å². The summed E-state index contributed by atoms with van der Waals surface area (Å²) in [6.45, 7) is 3.13. The number of anilines is 1. The highest BCUT2D eigenvalue weighted by Crippen LogP contribution is 2.31. The van der Waals surface area contributed by atoms with Gasteiger partial charge in [-0.2, -0.15) is 0 Å². The molecule has 0 aliphatic carbocycles. The number of nitrogens with zero attached hydrogens (tertiary/aromatic N) is 1. The summed E-state index contributed by atoms with van der Waals surface area (Å²) in [6, 6.07) is 13.8. The number of piperidine rings is 2. The minimum Gasteiger partial charge on any atom is -0.381 e. The van der Waals surface area contributed by atoms with Gasteiger partial charge in [-0.15, -0.1) is 0 Å². The Hall–Kier alpha value is -3.19. The van der Waals surface area contributed by atoms with E-state index in [2.05, 4.69) is 40.2 Å². The van der Waals surface area contributed by atoms with Crippen LogP contribution in [0.1, 0.15) is 58.6 Å². The van der Waals surface area contributed by atoms with Crippen molar-refractivity contribution in [2.24, 2.45) is 0 Å². The molecule has 3 aliphatic heterocycles. The van der Waals surface area contributed by atoms with Crippen LogP contribution in [0.3, 0.4) is 0 Å². The van der Waals surface area contributed by atoms with Crippen LogP contribution in [0.5, 0.6) is 0 Å². The zero-order chi connectivity index (χ0) is 22.1. The van der Waals surface area contributed by atoms with Crippen LogP contribution in [-0.2, 0) is 22.7 Å². The number of imide groups is 1. The molecule has 0 saturated carbocycles. The molecule has 0 spiro atoms. The zero-order valence-corrected chi connectivity index (χ0v) is 18.0. The van der Waals surface area contributed by atoms with Crippen LogP contribution < -0.4 is 16.0 Å². The number of rotatable bonds is 5. The summed E-state index contributed by atoms with van der Waals surface area (Å²) in [7, 11) is 0. The Kier molecular flexibility index (Phi) is 5.66. The highest BCUT2D eigenvalue weighted by molar-refractivity contribution is 6.05. The first-order valence-electron chi connectivity index (χ1n) is 11.4. The second-order valence-corrected chi connectivity index (χ2v) is 8.85. The number of amides is 3. The Morgan fingerprint density at radius 1 is 1.00 bits per heavy atom. The Morgan fingerprint density at radius 2 is 1.81 bits per heavy atom. The van der Waals surface area contributed by atoms with Gasteiger partial charge in [-0.05, 0) is 73.2 Å². The van der Waals surface area contributed by atoms with Crippen molar-refractivity contribution in [3.05, 3.63) is 64.7 Å². The molecule has 2 aromatic rings. The molecule has 0 radical (unpaired) electrons. The van der Waals surface area contributed by atoms with Crippen LogP contribution in [0.2, 0.25) is 0 Å². The quantitative estimate of drug-likeness (QED) is 0.632. The normalized spacial score (nSPS) is 21.4. The summed E-state index contributed by atoms with van der Waals surface area (Å²) in [6.07, 6.45) is 2.96. The van der Waals surface area contributed by atoms with Gasteiger partial charge in [-0.25, -0.2) is 0 Å². The predicted molar refractivity (Wildman–Crippen MR) is 121 cm³/mol. The maximum atomic E-state index is 13.0. The fourth-order valence-corrected chi connectivity index (χ4v) is 5.07. The van der Waals surface area contributed by atoms with E-state index in [1.165, 1.54) is 5.56 Å². The number of nitrogens with one attached hydrogen (secondary N) is 3. The van der Waals surface area contributed by atoms with Gasteiger partial charge in [0.25, 0.3) is 5.91 Å². The smallest absolute Gasteiger partial charge is 0.255 e. The number of fused-ring (bicyclic) bond motifs is 1. The van der Waals surface area contributed by atoms with Gasteiger partial charge in [-0.1, -0.05) is 24.3 Å². The molecular formula is C25H28N4O3. The molecule has 166 valence electrons. The minimum atomic E-state index is -0.588. The standard InChI is InChI=1S/C25H28N4O3/c30-23-8-7-22(24(31)28-23)29-15-21-18(4-2-6-20(21)25(29)32)14-27-19-5-1-3-17(13-19)16-9-11-26-12-10-16/h1-6,13,16,22,26-27H,7-12,14-15H2,(H,28,30,31). The first-order valence-corrected chi connectivity index (χ1v) is 11.4. The third kappa shape index (κ3) is 4.00. The van der Waals surface area contributed by atoms with Gasteiger partial charge >= 0.3 is 0 Å². The summed E-state index contributed by atoms with van der Waals surface area (Å²) in [5, 5.41) is 9.30. The average Bonchev–Trinajstić information content (AvgIpc) is 3.15. The van der Waals surface area contributed by atoms with Crippen LogP contribution in [0.4, 0.5) is 5.69 Å². The Morgan fingerprint density at radius 3 is 2.62 bits per heavy atom. The zero-order valence-electron chi connectivity index (χ0n) is 18.0. The molecule has 0 aromatic heterocycles. The van der Waals surface area contributed by atoms with Crippen LogP contribution in [0.15, 0.2) is 42.5 Å². The largest absolute Gasteiger partial charge is 0.381 e. The molecule has 2 fully saturated rings. The van der Waals surface area contributed by atoms with Crippen molar-refractivity contribution in [2.45, 2.75) is 50.7 Å². The van der Waals surface area contributed by atoms with Crippen LogP contribution in [0.25, 0.3) is 0 Å². The van der Waals surface area contributed by atoms with Gasteiger partial charge in [0.15, 0.2) is 0 Å². The van der Waals surface area contributed by atoms with Crippen molar-refractivity contribution in [1.29, 1.82) is 0 Å². The summed E-state index contributed by atoms with van der Waals surface area (Å²) in [5.74, 6) is -0.188. The van der Waals surface area contributed by atoms with Gasteiger partial charge in [0.1, 0.15) is 6.04 Å². The van der Waals surface area contributed by atoms with Gasteiger partial charge in [0, 0.05) is 30.8 Å². The summed E-state index contributed by atoms with van der Waals surface area (Å²) in [4.78, 5) is 38.4. The van der Waals surface area contributed by atoms with Crippen molar-refractivity contribution in [1.82, 2.24) is 15.5 Å². The van der Waals surface area contributed by atoms with Crippen LogP contribution in [0, 0.1) is 0 Å². The van der Waals surface area contributed by atoms with Gasteiger partial charge in [0.05, 0.1) is 0 Å². The third-order valence-electron chi connectivity index (χ3n) is 6.86. The molecule has 3 aliphatic rings. The van der Waals surface area contributed by atoms with Gasteiger partial charge in [-0.3, -0.25) is 19.7 Å². The lowest BCUT2D eigenvalue weighted by molar-refractivity contribution is -0.136. The fraction of sp³-hybridized carbons (Fsp3) is 0.400. The minimum absolute atomic E-state index is 0.135. The van der Waals surface area contributed by atoms with Crippen molar-refractivity contribution < 1.29 is 14.4 Å². The van der Waals surface area contributed by atoms with E-state index in [4.69, 9.17) is 0 Å². The van der Waals surface area contributed by atoms with E-state index < -0.39 is 6.04 Å². The lowest BCUT2D eigenvalue weighted by Crippen LogP contribution is -2.52. The highest BCUT2D eigenvalue weighted by atomic mass is 16.2. The lowest BCUT2D eigenvalue weighted by Gasteiger charge is -2.29. The molecule has 2 saturated heterocycles. The maximum absolute atomic E-state index is 13.0. The van der Waals surface area contributed by atoms with E-state index >= 15 is 0 Å². The Bertz CT molecular complexity index is 1060. The highest BCUT2D eigenvalue weighted by Gasteiger charge is 2.39.